The molecule has 0 aliphatic carbocycles. The molecule has 0 unspecified atom stereocenters. The molecule has 0 fully saturated rings. The molecule has 0 amide bonds. The normalized spacial score (nSPS) is 12.2. The maximum Gasteiger partial charge on any atom is 0.416 e. The highest BCUT2D eigenvalue weighted by Gasteiger charge is 2.30. The van der Waals surface area contributed by atoms with Gasteiger partial charge in [-0.25, -0.2) is 9.18 Å². The van der Waals surface area contributed by atoms with Crippen LogP contribution in [-0.4, -0.2) is 15.6 Å². The number of alkyl halides is 3. The first-order chi connectivity index (χ1) is 11.8. The lowest BCUT2D eigenvalue weighted by Gasteiger charge is -2.12. The van der Waals surface area contributed by atoms with Gasteiger partial charge in [-0.1, -0.05) is 6.07 Å². The summed E-state index contributed by atoms with van der Waals surface area (Å²) >= 11 is 0. The highest BCUT2D eigenvalue weighted by atomic mass is 19.4. The summed E-state index contributed by atoms with van der Waals surface area (Å²) in [6, 6.07) is 10.0. The van der Waals surface area contributed by atoms with Crippen LogP contribution in [0.1, 0.15) is 11.3 Å². The van der Waals surface area contributed by atoms with Crippen molar-refractivity contribution in [3.8, 4) is 5.69 Å². The van der Waals surface area contributed by atoms with Gasteiger partial charge >= 0.3 is 12.1 Å². The van der Waals surface area contributed by atoms with E-state index in [-0.39, 0.29) is 5.69 Å². The van der Waals surface area contributed by atoms with Crippen molar-refractivity contribution in [2.75, 3.05) is 0 Å². The minimum Gasteiger partial charge on any atom is -0.478 e. The van der Waals surface area contributed by atoms with Gasteiger partial charge in [0.1, 0.15) is 5.82 Å². The number of benzene rings is 2. The number of halogens is 4. The van der Waals surface area contributed by atoms with Crippen LogP contribution in [-0.2, 0) is 11.0 Å². The van der Waals surface area contributed by atoms with E-state index in [2.05, 4.69) is 0 Å². The molecule has 3 nitrogen and oxygen atoms in total. The van der Waals surface area contributed by atoms with Crippen molar-refractivity contribution in [2.45, 2.75) is 6.18 Å². The number of fused-ring (bicyclic) bond motifs is 1. The van der Waals surface area contributed by atoms with Crippen LogP contribution in [0.15, 0.2) is 54.6 Å². The Balaban J connectivity index is 2.26. The predicted octanol–water partition coefficient (Wildman–Crippen LogP) is 4.89. The number of aromatic nitrogens is 1. The van der Waals surface area contributed by atoms with Crippen LogP contribution >= 0.6 is 0 Å². The maximum atomic E-state index is 13.4. The third-order valence-electron chi connectivity index (χ3n) is 3.62. The third kappa shape index (κ3) is 3.40. The molecule has 3 aromatic rings. The highest BCUT2D eigenvalue weighted by molar-refractivity contribution is 5.89. The Labute approximate surface area is 139 Å². The molecule has 0 radical (unpaired) electrons. The molecule has 2 aromatic carbocycles. The number of aliphatic carboxylic acids is 1. The summed E-state index contributed by atoms with van der Waals surface area (Å²) in [6.07, 6.45) is -2.39. The molecule has 1 heterocycles. The molecule has 7 heteroatoms. The quantitative estimate of drug-likeness (QED) is 0.541. The van der Waals surface area contributed by atoms with Crippen molar-refractivity contribution >= 4 is 22.9 Å². The first-order valence-electron chi connectivity index (χ1n) is 7.15. The lowest BCUT2D eigenvalue weighted by Crippen LogP contribution is -2.06. The monoisotopic (exact) mass is 349 g/mol. The Morgan fingerprint density at radius 1 is 1.08 bits per heavy atom. The second-order valence-electron chi connectivity index (χ2n) is 5.33. The van der Waals surface area contributed by atoms with Gasteiger partial charge in [0.25, 0.3) is 0 Å². The second kappa shape index (κ2) is 6.08. The van der Waals surface area contributed by atoms with Gasteiger partial charge in [-0.3, -0.25) is 0 Å². The van der Waals surface area contributed by atoms with E-state index < -0.39 is 23.5 Å². The molecule has 0 aliphatic rings. The van der Waals surface area contributed by atoms with Gasteiger partial charge < -0.3 is 9.67 Å². The van der Waals surface area contributed by atoms with E-state index in [1.807, 2.05) is 0 Å². The van der Waals surface area contributed by atoms with Crippen LogP contribution in [0.4, 0.5) is 17.6 Å². The zero-order valence-corrected chi connectivity index (χ0v) is 12.6. The van der Waals surface area contributed by atoms with E-state index in [0.29, 0.717) is 16.6 Å². The molecule has 0 atom stereocenters. The smallest absolute Gasteiger partial charge is 0.416 e. The summed E-state index contributed by atoms with van der Waals surface area (Å²) < 4.78 is 53.8. The zero-order valence-electron chi connectivity index (χ0n) is 12.6. The fourth-order valence-corrected chi connectivity index (χ4v) is 2.60. The maximum absolute atomic E-state index is 13.4. The number of carboxylic acid groups (broad SMARTS) is 1. The minimum atomic E-state index is -4.51. The van der Waals surface area contributed by atoms with Crippen molar-refractivity contribution in [3.05, 3.63) is 71.7 Å². The Kier molecular flexibility index (Phi) is 4.08. The van der Waals surface area contributed by atoms with Crippen LogP contribution in [0.5, 0.6) is 0 Å². The van der Waals surface area contributed by atoms with Gasteiger partial charge in [-0.05, 0) is 48.5 Å². The summed E-state index contributed by atoms with van der Waals surface area (Å²) in [6.45, 7) is 0. The van der Waals surface area contributed by atoms with E-state index in [4.69, 9.17) is 5.11 Å². The topological polar surface area (TPSA) is 42.2 Å². The van der Waals surface area contributed by atoms with Crippen LogP contribution in [0.25, 0.3) is 22.7 Å². The minimum absolute atomic E-state index is 0.196. The standard InChI is InChI=1S/C18H11F4NO2/c19-13-4-6-16-11(8-13)9-15(5-7-17(24)25)23(16)14-3-1-2-12(10-14)18(20,21)22/h1-10H,(H,24,25)/b7-5+. The Morgan fingerprint density at radius 3 is 2.52 bits per heavy atom. The molecule has 0 bridgehead atoms. The van der Waals surface area contributed by atoms with Gasteiger partial charge in [0.05, 0.1) is 11.1 Å². The molecular formula is C18H11F4NO2. The van der Waals surface area contributed by atoms with Crippen LogP contribution in [0.2, 0.25) is 0 Å². The van der Waals surface area contributed by atoms with E-state index in [1.54, 1.807) is 0 Å². The summed E-state index contributed by atoms with van der Waals surface area (Å²) in [4.78, 5) is 10.8. The molecular weight excluding hydrogens is 338 g/mol. The van der Waals surface area contributed by atoms with Crippen LogP contribution < -0.4 is 0 Å². The van der Waals surface area contributed by atoms with Crippen molar-refractivity contribution in [1.82, 2.24) is 4.57 Å². The fraction of sp³-hybridized carbons (Fsp3) is 0.0556. The Bertz CT molecular complexity index is 986. The van der Waals surface area contributed by atoms with Crippen molar-refractivity contribution in [2.24, 2.45) is 0 Å². The fourth-order valence-electron chi connectivity index (χ4n) is 2.60. The summed E-state index contributed by atoms with van der Waals surface area (Å²) in [5.41, 5.74) is 0.150. The molecule has 1 N–H and O–H groups in total. The lowest BCUT2D eigenvalue weighted by molar-refractivity contribution is -0.137. The van der Waals surface area contributed by atoms with E-state index in [9.17, 15) is 22.4 Å². The van der Waals surface area contributed by atoms with E-state index in [1.165, 1.54) is 47.0 Å². The molecule has 0 saturated carbocycles. The molecule has 0 saturated heterocycles. The summed E-state index contributed by atoms with van der Waals surface area (Å²) in [5, 5.41) is 9.25. The molecule has 0 aliphatic heterocycles. The van der Waals surface area contributed by atoms with Gasteiger partial charge in [0.15, 0.2) is 0 Å². The van der Waals surface area contributed by atoms with Crippen molar-refractivity contribution < 1.29 is 27.5 Å². The second-order valence-corrected chi connectivity index (χ2v) is 5.33. The molecule has 1 aromatic heterocycles. The molecule has 25 heavy (non-hydrogen) atoms. The molecule has 0 spiro atoms. The lowest BCUT2D eigenvalue weighted by atomic mass is 10.2. The largest absolute Gasteiger partial charge is 0.478 e. The first-order valence-corrected chi connectivity index (χ1v) is 7.15. The van der Waals surface area contributed by atoms with Gasteiger partial charge in [-0.2, -0.15) is 13.2 Å². The number of hydrogen-bond acceptors (Lipinski definition) is 1. The van der Waals surface area contributed by atoms with Crippen molar-refractivity contribution in [3.63, 3.8) is 0 Å². The zero-order chi connectivity index (χ0) is 18.2. The molecule has 128 valence electrons. The summed E-state index contributed by atoms with van der Waals surface area (Å²) in [5.74, 6) is -1.70. The SMILES string of the molecule is O=C(O)/C=C/c1cc2cc(F)ccc2n1-c1cccc(C(F)(F)F)c1. The molecule has 3 rings (SSSR count). The average molecular weight is 349 g/mol. The number of carboxylic acids is 1. The van der Waals surface area contributed by atoms with Crippen LogP contribution in [0.3, 0.4) is 0 Å². The third-order valence-corrected chi connectivity index (χ3v) is 3.62. The number of carbonyl (C=O) groups is 1. The van der Waals surface area contributed by atoms with Crippen LogP contribution in [0, 0.1) is 5.82 Å². The average Bonchev–Trinajstić information content (AvgIpc) is 2.89. The van der Waals surface area contributed by atoms with E-state index in [0.717, 1.165) is 18.2 Å². The summed E-state index contributed by atoms with van der Waals surface area (Å²) in [7, 11) is 0. The van der Waals surface area contributed by atoms with Gasteiger partial charge in [0.2, 0.25) is 0 Å². The van der Waals surface area contributed by atoms with Gasteiger partial charge in [0, 0.05) is 22.8 Å². The van der Waals surface area contributed by atoms with Gasteiger partial charge in [-0.15, -0.1) is 0 Å². The predicted molar refractivity (Wildman–Crippen MR) is 84.9 cm³/mol. The Morgan fingerprint density at radius 2 is 1.84 bits per heavy atom. The number of rotatable bonds is 3. The highest BCUT2D eigenvalue weighted by Crippen LogP contribution is 2.32. The number of nitrogens with zero attached hydrogens (tertiary/aromatic N) is 1. The first kappa shape index (κ1) is 16.8. The Hall–Kier alpha value is -3.09. The van der Waals surface area contributed by atoms with E-state index >= 15 is 0 Å². The number of hydrogen-bond donors (Lipinski definition) is 1. The van der Waals surface area contributed by atoms with Crippen molar-refractivity contribution in [1.29, 1.82) is 0 Å².